The molecule has 0 aliphatic heterocycles. The van der Waals surface area contributed by atoms with Crippen molar-refractivity contribution < 1.29 is 4.74 Å². The normalized spacial score (nSPS) is 12.6. The highest BCUT2D eigenvalue weighted by molar-refractivity contribution is 5.17. The van der Waals surface area contributed by atoms with Crippen LogP contribution in [0, 0.1) is 19.8 Å². The van der Waals surface area contributed by atoms with Crippen LogP contribution in [0.25, 0.3) is 0 Å². The summed E-state index contributed by atoms with van der Waals surface area (Å²) >= 11 is 0. The Balaban J connectivity index is 2.59. The molecule has 1 unspecified atom stereocenters. The number of hydrogen-bond donors (Lipinski definition) is 0. The van der Waals surface area contributed by atoms with Crippen molar-refractivity contribution in [2.45, 2.75) is 34.1 Å². The molecule has 1 aromatic heterocycles. The maximum Gasteiger partial charge on any atom is 0.235 e. The molecule has 1 aromatic rings. The van der Waals surface area contributed by atoms with Crippen molar-refractivity contribution in [2.24, 2.45) is 5.92 Å². The zero-order valence-electron chi connectivity index (χ0n) is 9.37. The van der Waals surface area contributed by atoms with Gasteiger partial charge in [0.2, 0.25) is 5.88 Å². The van der Waals surface area contributed by atoms with Crippen LogP contribution in [0.3, 0.4) is 0 Å². The van der Waals surface area contributed by atoms with Gasteiger partial charge >= 0.3 is 0 Å². The fourth-order valence-electron chi connectivity index (χ4n) is 1.07. The molecular formula is C11H18N2O. The first-order valence-electron chi connectivity index (χ1n) is 5.06. The molecule has 14 heavy (non-hydrogen) atoms. The summed E-state index contributed by atoms with van der Waals surface area (Å²) in [6.07, 6.45) is 2.86. The summed E-state index contributed by atoms with van der Waals surface area (Å²) in [6.45, 7) is 8.89. The second kappa shape index (κ2) is 4.94. The molecule has 1 rings (SSSR count). The molecule has 0 aliphatic rings. The molecule has 0 saturated heterocycles. The maximum atomic E-state index is 5.57. The molecule has 3 heteroatoms. The highest BCUT2D eigenvalue weighted by Gasteiger charge is 2.05. The average Bonchev–Trinajstić information content (AvgIpc) is 2.16. The van der Waals surface area contributed by atoms with Gasteiger partial charge in [-0.15, -0.1) is 0 Å². The predicted molar refractivity (Wildman–Crippen MR) is 56.5 cm³/mol. The van der Waals surface area contributed by atoms with Crippen molar-refractivity contribution >= 4 is 0 Å². The predicted octanol–water partition coefficient (Wildman–Crippen LogP) is 2.52. The Hall–Kier alpha value is -1.12. The lowest BCUT2D eigenvalue weighted by molar-refractivity contribution is 0.245. The lowest BCUT2D eigenvalue weighted by Gasteiger charge is -2.11. The Labute approximate surface area is 85.5 Å². The summed E-state index contributed by atoms with van der Waals surface area (Å²) in [6, 6.07) is 0. The van der Waals surface area contributed by atoms with Gasteiger partial charge in [0, 0.05) is 0 Å². The van der Waals surface area contributed by atoms with Crippen LogP contribution in [0.1, 0.15) is 31.7 Å². The van der Waals surface area contributed by atoms with Gasteiger partial charge in [0.05, 0.1) is 24.2 Å². The van der Waals surface area contributed by atoms with Gasteiger partial charge in [-0.1, -0.05) is 20.3 Å². The highest BCUT2D eigenvalue weighted by Crippen LogP contribution is 2.13. The summed E-state index contributed by atoms with van der Waals surface area (Å²) in [7, 11) is 0. The molecule has 0 aliphatic carbocycles. The van der Waals surface area contributed by atoms with Crippen LogP contribution in [0.2, 0.25) is 0 Å². The van der Waals surface area contributed by atoms with E-state index >= 15 is 0 Å². The third kappa shape index (κ3) is 2.98. The van der Waals surface area contributed by atoms with Gasteiger partial charge in [0.25, 0.3) is 0 Å². The van der Waals surface area contributed by atoms with Gasteiger partial charge in [-0.3, -0.25) is 4.98 Å². The Morgan fingerprint density at radius 3 is 2.71 bits per heavy atom. The van der Waals surface area contributed by atoms with Crippen molar-refractivity contribution in [1.82, 2.24) is 9.97 Å². The smallest absolute Gasteiger partial charge is 0.235 e. The summed E-state index contributed by atoms with van der Waals surface area (Å²) in [4.78, 5) is 8.49. The van der Waals surface area contributed by atoms with Crippen LogP contribution in [0.5, 0.6) is 5.88 Å². The van der Waals surface area contributed by atoms with E-state index in [1.807, 2.05) is 13.8 Å². The minimum atomic E-state index is 0.567. The summed E-state index contributed by atoms with van der Waals surface area (Å²) < 4.78 is 5.57. The van der Waals surface area contributed by atoms with Crippen LogP contribution in [0.4, 0.5) is 0 Å². The monoisotopic (exact) mass is 194 g/mol. The molecule has 0 amide bonds. The fourth-order valence-corrected chi connectivity index (χ4v) is 1.07. The van der Waals surface area contributed by atoms with Crippen LogP contribution in [0.15, 0.2) is 6.20 Å². The highest BCUT2D eigenvalue weighted by atomic mass is 16.5. The summed E-state index contributed by atoms with van der Waals surface area (Å²) in [5, 5.41) is 0. The van der Waals surface area contributed by atoms with E-state index in [-0.39, 0.29) is 0 Å². The minimum absolute atomic E-state index is 0.567. The zero-order valence-corrected chi connectivity index (χ0v) is 9.37. The van der Waals surface area contributed by atoms with E-state index in [0.717, 1.165) is 24.4 Å². The van der Waals surface area contributed by atoms with Gasteiger partial charge in [-0.25, -0.2) is 4.98 Å². The Bertz CT molecular complexity index is 299. The molecule has 1 atom stereocenters. The lowest BCUT2D eigenvalue weighted by atomic mass is 10.1. The van der Waals surface area contributed by atoms with Crippen LogP contribution >= 0.6 is 0 Å². The minimum Gasteiger partial charge on any atom is -0.476 e. The van der Waals surface area contributed by atoms with E-state index in [9.17, 15) is 0 Å². The summed E-state index contributed by atoms with van der Waals surface area (Å²) in [5.41, 5.74) is 1.80. The molecule has 78 valence electrons. The number of aryl methyl sites for hydroxylation is 2. The first-order valence-corrected chi connectivity index (χ1v) is 5.06. The van der Waals surface area contributed by atoms with E-state index in [2.05, 4.69) is 23.8 Å². The van der Waals surface area contributed by atoms with Gasteiger partial charge in [0.1, 0.15) is 0 Å². The van der Waals surface area contributed by atoms with Crippen molar-refractivity contribution in [1.29, 1.82) is 0 Å². The Morgan fingerprint density at radius 2 is 2.14 bits per heavy atom. The molecule has 0 spiro atoms. The zero-order chi connectivity index (χ0) is 10.6. The molecule has 0 bridgehead atoms. The third-order valence-corrected chi connectivity index (χ3v) is 2.22. The number of ether oxygens (including phenoxy) is 1. The van der Waals surface area contributed by atoms with Crippen LogP contribution in [-0.2, 0) is 0 Å². The number of rotatable bonds is 4. The first-order chi connectivity index (χ1) is 6.63. The van der Waals surface area contributed by atoms with Gasteiger partial charge in [-0.05, 0) is 19.8 Å². The van der Waals surface area contributed by atoms with Crippen LogP contribution in [-0.4, -0.2) is 16.6 Å². The van der Waals surface area contributed by atoms with Gasteiger partial charge in [-0.2, -0.15) is 0 Å². The Morgan fingerprint density at radius 1 is 1.43 bits per heavy atom. The van der Waals surface area contributed by atoms with Gasteiger partial charge < -0.3 is 4.74 Å². The van der Waals surface area contributed by atoms with Gasteiger partial charge in [0.15, 0.2) is 0 Å². The molecule has 0 N–H and O–H groups in total. The SMILES string of the molecule is CCC(C)COc1ncc(C)nc1C. The Kier molecular flexibility index (Phi) is 3.86. The van der Waals surface area contributed by atoms with Crippen molar-refractivity contribution in [3.05, 3.63) is 17.6 Å². The number of hydrogen-bond acceptors (Lipinski definition) is 3. The quantitative estimate of drug-likeness (QED) is 0.738. The molecule has 0 radical (unpaired) electrons. The van der Waals surface area contributed by atoms with Crippen molar-refractivity contribution in [2.75, 3.05) is 6.61 Å². The number of nitrogens with zero attached hydrogens (tertiary/aromatic N) is 2. The molecular weight excluding hydrogens is 176 g/mol. The van der Waals surface area contributed by atoms with E-state index in [1.165, 1.54) is 0 Å². The largest absolute Gasteiger partial charge is 0.476 e. The second-order valence-corrected chi connectivity index (χ2v) is 3.73. The standard InChI is InChI=1S/C11H18N2O/c1-5-8(2)7-14-11-10(4)13-9(3)6-12-11/h6,8H,5,7H2,1-4H3. The van der Waals surface area contributed by atoms with Crippen LogP contribution < -0.4 is 4.74 Å². The third-order valence-electron chi connectivity index (χ3n) is 2.22. The van der Waals surface area contributed by atoms with E-state index in [0.29, 0.717) is 11.8 Å². The topological polar surface area (TPSA) is 35.0 Å². The second-order valence-electron chi connectivity index (χ2n) is 3.73. The average molecular weight is 194 g/mol. The lowest BCUT2D eigenvalue weighted by Crippen LogP contribution is -2.09. The summed E-state index contributed by atoms with van der Waals surface area (Å²) in [5.74, 6) is 1.23. The van der Waals surface area contributed by atoms with E-state index in [1.54, 1.807) is 6.20 Å². The van der Waals surface area contributed by atoms with E-state index in [4.69, 9.17) is 4.74 Å². The molecule has 0 aromatic carbocycles. The van der Waals surface area contributed by atoms with Crippen molar-refractivity contribution in [3.63, 3.8) is 0 Å². The van der Waals surface area contributed by atoms with E-state index < -0.39 is 0 Å². The van der Waals surface area contributed by atoms with Crippen molar-refractivity contribution in [3.8, 4) is 5.88 Å². The first kappa shape index (κ1) is 11.0. The maximum absolute atomic E-state index is 5.57. The molecule has 3 nitrogen and oxygen atoms in total. The molecule has 0 fully saturated rings. The molecule has 0 saturated carbocycles. The number of aromatic nitrogens is 2. The molecule has 1 heterocycles. The fraction of sp³-hybridized carbons (Fsp3) is 0.636.